The Bertz CT molecular complexity index is 3140. The van der Waals surface area contributed by atoms with Gasteiger partial charge >= 0.3 is 0 Å². The van der Waals surface area contributed by atoms with Crippen LogP contribution in [0.2, 0.25) is 10.0 Å². The number of aromatic hydroxyl groups is 1. The van der Waals surface area contributed by atoms with Crippen molar-refractivity contribution in [2.75, 3.05) is 0 Å². The van der Waals surface area contributed by atoms with Gasteiger partial charge in [0.2, 0.25) is 0 Å². The summed E-state index contributed by atoms with van der Waals surface area (Å²) in [6.45, 7) is 8.97. The summed E-state index contributed by atoms with van der Waals surface area (Å²) in [5.41, 5.74) is 15.8. The Labute approximate surface area is 353 Å². The monoisotopic (exact) mass is 808 g/mol. The van der Waals surface area contributed by atoms with E-state index in [2.05, 4.69) is 100 Å². The van der Waals surface area contributed by atoms with Gasteiger partial charge in [-0.15, -0.1) is 0 Å². The normalized spacial score (nSPS) is 14.0. The summed E-state index contributed by atoms with van der Waals surface area (Å²) in [4.78, 5) is 0. The van der Waals surface area contributed by atoms with E-state index >= 15 is 0 Å². The van der Waals surface area contributed by atoms with Crippen LogP contribution >= 0.6 is 23.2 Å². The van der Waals surface area contributed by atoms with Crippen LogP contribution in [0.15, 0.2) is 162 Å². The molecule has 2 aliphatic carbocycles. The van der Waals surface area contributed by atoms with Crippen LogP contribution in [0, 0.1) is 5.82 Å². The van der Waals surface area contributed by atoms with E-state index in [0.717, 1.165) is 54.8 Å². The molecule has 0 fully saturated rings. The van der Waals surface area contributed by atoms with Crippen molar-refractivity contribution in [1.82, 2.24) is 0 Å². The van der Waals surface area contributed by atoms with Gasteiger partial charge in [-0.25, -0.2) is 4.39 Å². The largest absolute Gasteiger partial charge is 0.507 e. The number of hydrogen-bond acceptors (Lipinski definition) is 2. The standard InChI is InChI=1S/C27H20ClFO.C27H19ClO/c1-27(2)22-11-7-6-10-18(22)20-15-21(19-14-17(28)12-13-23(19)29)26(30)24(25(20)27)16-8-4-3-5-9-16;1-27(2)22-11-7-6-10-18(22)20-15-21-19-14-17(28)12-13-23(19)29-26(21)24(25(20)27)16-8-4-3-5-9-16/h3-15,30H,1-2H3;3-15H,1-2H3. The average molecular weight is 810 g/mol. The molecule has 0 saturated carbocycles. The molecule has 11 rings (SSSR count). The van der Waals surface area contributed by atoms with Gasteiger partial charge in [0.25, 0.3) is 0 Å². The first-order valence-electron chi connectivity index (χ1n) is 19.8. The number of rotatable bonds is 3. The van der Waals surface area contributed by atoms with Gasteiger partial charge < -0.3 is 9.52 Å². The number of phenols is 1. The maximum Gasteiger partial charge on any atom is 0.143 e. The quantitative estimate of drug-likeness (QED) is 0.193. The molecule has 59 heavy (non-hydrogen) atoms. The highest BCUT2D eigenvalue weighted by atomic mass is 35.5. The second-order valence-electron chi connectivity index (χ2n) is 16.6. The minimum atomic E-state index is -0.417. The molecule has 0 unspecified atom stereocenters. The van der Waals surface area contributed by atoms with Crippen molar-refractivity contribution in [2.45, 2.75) is 38.5 Å². The highest BCUT2D eigenvalue weighted by Gasteiger charge is 2.41. The van der Waals surface area contributed by atoms with Crippen LogP contribution in [0.3, 0.4) is 0 Å². The van der Waals surface area contributed by atoms with Gasteiger partial charge in [0.1, 0.15) is 22.7 Å². The number of benzene rings is 8. The zero-order chi connectivity index (χ0) is 40.8. The van der Waals surface area contributed by atoms with E-state index in [1.165, 1.54) is 51.1 Å². The molecule has 2 nitrogen and oxygen atoms in total. The molecule has 1 aromatic heterocycles. The molecule has 5 heteroatoms. The zero-order valence-electron chi connectivity index (χ0n) is 33.0. The van der Waals surface area contributed by atoms with Crippen LogP contribution in [0.4, 0.5) is 4.39 Å². The first-order valence-corrected chi connectivity index (χ1v) is 20.6. The van der Waals surface area contributed by atoms with E-state index in [0.29, 0.717) is 16.1 Å². The minimum Gasteiger partial charge on any atom is -0.507 e. The van der Waals surface area contributed by atoms with Crippen molar-refractivity contribution < 1.29 is 13.9 Å². The lowest BCUT2D eigenvalue weighted by atomic mass is 9.77. The smallest absolute Gasteiger partial charge is 0.143 e. The molecule has 1 heterocycles. The molecule has 0 bridgehead atoms. The number of furan rings is 1. The van der Waals surface area contributed by atoms with E-state index < -0.39 is 5.82 Å². The number of halogens is 3. The highest BCUT2D eigenvalue weighted by Crippen LogP contribution is 2.58. The predicted octanol–water partition coefficient (Wildman–Crippen LogP) is 16.0. The van der Waals surface area contributed by atoms with Gasteiger partial charge in [-0.2, -0.15) is 0 Å². The lowest BCUT2D eigenvalue weighted by Gasteiger charge is -2.26. The molecule has 288 valence electrons. The minimum absolute atomic E-state index is 0.0713. The van der Waals surface area contributed by atoms with Crippen LogP contribution in [0.1, 0.15) is 49.9 Å². The third-order valence-corrected chi connectivity index (χ3v) is 12.9. The maximum absolute atomic E-state index is 14.8. The summed E-state index contributed by atoms with van der Waals surface area (Å²) in [6.07, 6.45) is 0. The first kappa shape index (κ1) is 37.2. The van der Waals surface area contributed by atoms with Crippen LogP contribution in [0.5, 0.6) is 5.75 Å². The molecule has 9 aromatic rings. The van der Waals surface area contributed by atoms with Crippen LogP contribution in [0.25, 0.3) is 77.6 Å². The van der Waals surface area contributed by atoms with Crippen LogP contribution in [-0.2, 0) is 10.8 Å². The Morgan fingerprint density at radius 2 is 0.983 bits per heavy atom. The average Bonchev–Trinajstić information content (AvgIpc) is 3.80. The zero-order valence-corrected chi connectivity index (χ0v) is 34.5. The molecule has 1 N–H and O–H groups in total. The van der Waals surface area contributed by atoms with Crippen molar-refractivity contribution in [3.63, 3.8) is 0 Å². The second kappa shape index (κ2) is 13.7. The summed E-state index contributed by atoms with van der Waals surface area (Å²) in [5, 5.41) is 14.8. The fourth-order valence-corrected chi connectivity index (χ4v) is 10.1. The predicted molar refractivity (Wildman–Crippen MR) is 243 cm³/mol. The van der Waals surface area contributed by atoms with E-state index in [1.807, 2.05) is 66.7 Å². The molecule has 8 aromatic carbocycles. The summed E-state index contributed by atoms with van der Waals surface area (Å²) in [5.74, 6) is -0.346. The van der Waals surface area contributed by atoms with E-state index in [4.69, 9.17) is 27.6 Å². The lowest BCUT2D eigenvalue weighted by Crippen LogP contribution is -2.16. The molecule has 0 radical (unpaired) electrons. The van der Waals surface area contributed by atoms with Gasteiger partial charge in [0.15, 0.2) is 0 Å². The summed E-state index contributed by atoms with van der Waals surface area (Å²) >= 11 is 12.5. The van der Waals surface area contributed by atoms with Gasteiger partial charge in [0.05, 0.1) is 0 Å². The van der Waals surface area contributed by atoms with Crippen molar-refractivity contribution in [1.29, 1.82) is 0 Å². The molecule has 0 atom stereocenters. The third-order valence-electron chi connectivity index (χ3n) is 12.4. The Hall–Kier alpha value is -6.13. The van der Waals surface area contributed by atoms with E-state index in [1.54, 1.807) is 6.07 Å². The number of phenolic OH excluding ortho intramolecular Hbond substituents is 1. The molecule has 0 amide bonds. The summed E-state index contributed by atoms with van der Waals surface area (Å²) < 4.78 is 21.3. The topological polar surface area (TPSA) is 33.4 Å². The van der Waals surface area contributed by atoms with Crippen LogP contribution < -0.4 is 0 Å². The first-order chi connectivity index (χ1) is 28.4. The van der Waals surface area contributed by atoms with E-state index in [9.17, 15) is 9.50 Å². The van der Waals surface area contributed by atoms with Gasteiger partial charge in [-0.1, -0.05) is 160 Å². The Morgan fingerprint density at radius 3 is 1.61 bits per heavy atom. The Balaban J connectivity index is 0.000000143. The maximum atomic E-state index is 14.8. The van der Waals surface area contributed by atoms with E-state index in [-0.39, 0.29) is 16.6 Å². The molecule has 0 saturated heterocycles. The molecular weight excluding hydrogens is 770 g/mol. The van der Waals surface area contributed by atoms with Crippen LogP contribution in [-0.4, -0.2) is 5.11 Å². The van der Waals surface area contributed by atoms with Gasteiger partial charge in [-0.05, 0) is 104 Å². The van der Waals surface area contributed by atoms with Gasteiger partial charge in [-0.3, -0.25) is 0 Å². The fraction of sp³-hybridized carbons (Fsp3) is 0.111. The van der Waals surface area contributed by atoms with Crippen molar-refractivity contribution in [3.05, 3.63) is 196 Å². The Morgan fingerprint density at radius 1 is 0.475 bits per heavy atom. The fourth-order valence-electron chi connectivity index (χ4n) is 9.75. The summed E-state index contributed by atoms with van der Waals surface area (Å²) in [7, 11) is 0. The summed E-state index contributed by atoms with van der Waals surface area (Å²) in [6, 6.07) is 51.9. The highest BCUT2D eigenvalue weighted by molar-refractivity contribution is 6.32. The lowest BCUT2D eigenvalue weighted by molar-refractivity contribution is 0.476. The molecule has 0 aliphatic heterocycles. The third kappa shape index (κ3) is 5.74. The Kier molecular flexibility index (Phi) is 8.65. The second-order valence-corrected chi connectivity index (χ2v) is 17.4. The number of hydrogen-bond donors (Lipinski definition) is 1. The molecule has 2 aliphatic rings. The molecular formula is C54H39Cl2FO2. The van der Waals surface area contributed by atoms with Crippen molar-refractivity contribution in [3.8, 4) is 61.4 Å². The number of fused-ring (bicyclic) bond motifs is 9. The van der Waals surface area contributed by atoms with Gasteiger partial charge in [0, 0.05) is 53.9 Å². The van der Waals surface area contributed by atoms with Crippen molar-refractivity contribution in [2.24, 2.45) is 0 Å². The van der Waals surface area contributed by atoms with Crippen molar-refractivity contribution >= 4 is 45.1 Å². The SMILES string of the molecule is CC1(C)c2ccccc2-c2cc(-c3cc(Cl)ccc3F)c(O)c(-c3ccccc3)c21.CC1(C)c2ccccc2-c2cc3c(oc4ccc(Cl)cc43)c(-c3ccccc3)c21. The molecule has 0 spiro atoms.